The van der Waals surface area contributed by atoms with E-state index in [0.29, 0.717) is 13.1 Å². The third kappa shape index (κ3) is 3.23. The van der Waals surface area contributed by atoms with E-state index >= 15 is 0 Å². The van der Waals surface area contributed by atoms with Crippen LogP contribution in [0.25, 0.3) is 0 Å². The molecule has 1 aliphatic rings. The Bertz CT molecular complexity index is 531. The van der Waals surface area contributed by atoms with E-state index in [2.05, 4.69) is 9.57 Å². The fraction of sp³-hybridized carbons (Fsp3) is 0.417. The van der Waals surface area contributed by atoms with Crippen LogP contribution < -0.4 is 4.74 Å². The van der Waals surface area contributed by atoms with Crippen LogP contribution in [0.2, 0.25) is 0 Å². The molecule has 0 N–H and O–H groups in total. The highest BCUT2D eigenvalue weighted by molar-refractivity contribution is 5.63. The van der Waals surface area contributed by atoms with Crippen LogP contribution in [0.15, 0.2) is 0 Å². The van der Waals surface area contributed by atoms with E-state index in [9.17, 15) is 26.7 Å². The third-order valence-electron chi connectivity index (χ3n) is 2.87. The normalized spacial score (nSPS) is 15.9. The van der Waals surface area contributed by atoms with E-state index in [1.165, 1.54) is 5.06 Å². The molecule has 1 heterocycles. The van der Waals surface area contributed by atoms with Crippen molar-refractivity contribution in [3.8, 4) is 5.75 Å². The Morgan fingerprint density at radius 2 is 1.29 bits per heavy atom. The van der Waals surface area contributed by atoms with Gasteiger partial charge in [-0.15, -0.1) is 5.06 Å². The number of halogens is 5. The van der Waals surface area contributed by atoms with Gasteiger partial charge < -0.3 is 9.57 Å². The topological polar surface area (TPSA) is 38.8 Å². The Kier molecular flexibility index (Phi) is 4.61. The van der Waals surface area contributed by atoms with Crippen LogP contribution in [0.5, 0.6) is 5.75 Å². The molecule has 1 aromatic rings. The second-order valence-electron chi connectivity index (χ2n) is 4.33. The van der Waals surface area contributed by atoms with E-state index in [1.807, 2.05) is 0 Å². The molecular weight excluding hydrogens is 301 g/mol. The number of nitrogens with zero attached hydrogens (tertiary/aromatic N) is 1. The van der Waals surface area contributed by atoms with Crippen molar-refractivity contribution in [3.63, 3.8) is 0 Å². The predicted octanol–water partition coefficient (Wildman–Crippen LogP) is 3.30. The van der Waals surface area contributed by atoms with Gasteiger partial charge in [0.2, 0.25) is 34.8 Å². The molecular formula is C12H10F5NO3. The van der Waals surface area contributed by atoms with Crippen LogP contribution >= 0.6 is 0 Å². The Hall–Kier alpha value is -1.90. The van der Waals surface area contributed by atoms with Crippen LogP contribution in [-0.2, 0) is 4.84 Å². The van der Waals surface area contributed by atoms with Crippen LogP contribution in [-0.4, -0.2) is 24.3 Å². The zero-order valence-electron chi connectivity index (χ0n) is 10.6. The quantitative estimate of drug-likeness (QED) is 0.276. The van der Waals surface area contributed by atoms with E-state index in [0.717, 1.165) is 19.3 Å². The predicted molar refractivity (Wildman–Crippen MR) is 58.8 cm³/mol. The molecule has 4 nitrogen and oxygen atoms in total. The fourth-order valence-electron chi connectivity index (χ4n) is 1.84. The average Bonchev–Trinajstić information content (AvgIpc) is 2.48. The van der Waals surface area contributed by atoms with Crippen molar-refractivity contribution in [1.82, 2.24) is 5.06 Å². The van der Waals surface area contributed by atoms with Crippen LogP contribution in [0.1, 0.15) is 19.3 Å². The van der Waals surface area contributed by atoms with Gasteiger partial charge in [-0.1, -0.05) is 6.42 Å². The number of piperidine rings is 1. The molecule has 2 rings (SSSR count). The molecule has 0 amide bonds. The van der Waals surface area contributed by atoms with Gasteiger partial charge in [-0.2, -0.15) is 8.78 Å². The standard InChI is InChI=1S/C12H10F5NO3/c13-6-7(14)9(16)11(10(17)8(6)15)20-12(19)21-18-4-2-1-3-5-18/h1-5H2. The smallest absolute Gasteiger partial charge is 0.387 e. The summed E-state index contributed by atoms with van der Waals surface area (Å²) < 4.78 is 69.3. The van der Waals surface area contributed by atoms with Gasteiger partial charge in [0.1, 0.15) is 0 Å². The van der Waals surface area contributed by atoms with E-state index in [4.69, 9.17) is 0 Å². The van der Waals surface area contributed by atoms with Crippen LogP contribution in [0.4, 0.5) is 26.7 Å². The van der Waals surface area contributed by atoms with Crippen molar-refractivity contribution in [2.45, 2.75) is 19.3 Å². The molecule has 0 bridgehead atoms. The van der Waals surface area contributed by atoms with Gasteiger partial charge in [-0.3, -0.25) is 0 Å². The third-order valence-corrected chi connectivity index (χ3v) is 2.87. The molecule has 1 aliphatic heterocycles. The summed E-state index contributed by atoms with van der Waals surface area (Å²) in [7, 11) is 0. The van der Waals surface area contributed by atoms with Crippen LogP contribution in [0.3, 0.4) is 0 Å². The molecule has 1 aromatic carbocycles. The van der Waals surface area contributed by atoms with Gasteiger partial charge in [0.15, 0.2) is 0 Å². The van der Waals surface area contributed by atoms with Gasteiger partial charge in [0, 0.05) is 13.1 Å². The van der Waals surface area contributed by atoms with Crippen molar-refractivity contribution in [2.24, 2.45) is 0 Å². The number of benzene rings is 1. The Morgan fingerprint density at radius 1 is 0.810 bits per heavy atom. The lowest BCUT2D eigenvalue weighted by Crippen LogP contribution is -2.33. The highest BCUT2D eigenvalue weighted by Crippen LogP contribution is 2.29. The maximum absolute atomic E-state index is 13.3. The summed E-state index contributed by atoms with van der Waals surface area (Å²) in [5.74, 6) is -12.9. The maximum Gasteiger partial charge on any atom is 0.533 e. The van der Waals surface area contributed by atoms with Crippen molar-refractivity contribution in [3.05, 3.63) is 29.1 Å². The van der Waals surface area contributed by atoms with E-state index in [1.54, 1.807) is 0 Å². The first-order valence-electron chi connectivity index (χ1n) is 6.08. The number of hydrogen-bond donors (Lipinski definition) is 0. The Balaban J connectivity index is 2.13. The monoisotopic (exact) mass is 311 g/mol. The summed E-state index contributed by atoms with van der Waals surface area (Å²) in [5.41, 5.74) is 0. The second-order valence-corrected chi connectivity index (χ2v) is 4.33. The Morgan fingerprint density at radius 3 is 1.81 bits per heavy atom. The molecule has 1 fully saturated rings. The minimum absolute atomic E-state index is 0.395. The van der Waals surface area contributed by atoms with Crippen LogP contribution in [0, 0.1) is 29.1 Å². The molecule has 0 aliphatic carbocycles. The summed E-state index contributed by atoms with van der Waals surface area (Å²) in [6.07, 6.45) is 0.859. The minimum Gasteiger partial charge on any atom is -0.387 e. The largest absolute Gasteiger partial charge is 0.533 e. The van der Waals surface area contributed by atoms with Gasteiger partial charge in [0.05, 0.1) is 0 Å². The lowest BCUT2D eigenvalue weighted by molar-refractivity contribution is -0.126. The summed E-state index contributed by atoms with van der Waals surface area (Å²) in [4.78, 5) is 15.9. The summed E-state index contributed by atoms with van der Waals surface area (Å²) >= 11 is 0. The van der Waals surface area contributed by atoms with Gasteiger partial charge in [-0.25, -0.2) is 18.0 Å². The van der Waals surface area contributed by atoms with Crippen molar-refractivity contribution in [2.75, 3.05) is 13.1 Å². The number of ether oxygens (including phenoxy) is 1. The molecule has 0 unspecified atom stereocenters. The highest BCUT2D eigenvalue weighted by Gasteiger charge is 2.29. The molecule has 0 saturated carbocycles. The summed E-state index contributed by atoms with van der Waals surface area (Å²) in [6.45, 7) is 0.790. The zero-order chi connectivity index (χ0) is 15.6. The lowest BCUT2D eigenvalue weighted by Gasteiger charge is -2.24. The summed E-state index contributed by atoms with van der Waals surface area (Å²) in [6, 6.07) is 0. The van der Waals surface area contributed by atoms with E-state index in [-0.39, 0.29) is 0 Å². The average molecular weight is 311 g/mol. The SMILES string of the molecule is O=C(Oc1c(F)c(F)c(F)c(F)c1F)ON1CCCCC1. The first-order valence-corrected chi connectivity index (χ1v) is 6.08. The maximum atomic E-state index is 13.3. The molecule has 1 saturated heterocycles. The lowest BCUT2D eigenvalue weighted by atomic mass is 10.2. The molecule has 0 atom stereocenters. The number of hydroxylamine groups is 2. The fourth-order valence-corrected chi connectivity index (χ4v) is 1.84. The first kappa shape index (κ1) is 15.5. The zero-order valence-corrected chi connectivity index (χ0v) is 10.6. The molecule has 21 heavy (non-hydrogen) atoms. The minimum atomic E-state index is -2.33. The molecule has 0 aromatic heterocycles. The molecule has 0 spiro atoms. The van der Waals surface area contributed by atoms with Gasteiger partial charge in [0.25, 0.3) is 0 Å². The van der Waals surface area contributed by atoms with Gasteiger partial charge >= 0.3 is 6.16 Å². The van der Waals surface area contributed by atoms with Crippen molar-refractivity contribution < 1.29 is 36.3 Å². The second kappa shape index (κ2) is 6.25. The molecule has 116 valence electrons. The van der Waals surface area contributed by atoms with Crippen molar-refractivity contribution >= 4 is 6.16 Å². The number of hydrogen-bond acceptors (Lipinski definition) is 4. The van der Waals surface area contributed by atoms with E-state index < -0.39 is 41.0 Å². The highest BCUT2D eigenvalue weighted by atomic mass is 19.2. The number of carbonyl (C=O) groups excluding carboxylic acids is 1. The molecule has 0 radical (unpaired) electrons. The molecule has 9 heteroatoms. The summed E-state index contributed by atoms with van der Waals surface area (Å²) in [5, 5.41) is 1.19. The number of carbonyl (C=O) groups is 1. The van der Waals surface area contributed by atoms with Crippen molar-refractivity contribution in [1.29, 1.82) is 0 Å². The van der Waals surface area contributed by atoms with Gasteiger partial charge in [-0.05, 0) is 12.8 Å². The number of rotatable bonds is 2. The first-order chi connectivity index (χ1) is 9.91. The Labute approximate surface area is 116 Å².